The number of aromatic amines is 2. The first-order valence-corrected chi connectivity index (χ1v) is 10.5. The summed E-state index contributed by atoms with van der Waals surface area (Å²) in [6, 6.07) is -3.00. The third-order valence-electron chi connectivity index (χ3n) is 5.16. The van der Waals surface area contributed by atoms with Crippen molar-refractivity contribution in [1.82, 2.24) is 35.9 Å². The predicted octanol–water partition coefficient (Wildman–Crippen LogP) is -1.54. The maximum atomic E-state index is 12.7. The number of nitrogens with one attached hydrogen (secondary N) is 5. The van der Waals surface area contributed by atoms with Gasteiger partial charge in [-0.25, -0.2) is 14.8 Å². The molecule has 2 aromatic heterocycles. The van der Waals surface area contributed by atoms with E-state index < -0.39 is 48.4 Å². The van der Waals surface area contributed by atoms with E-state index in [1.54, 1.807) is 13.1 Å². The Bertz CT molecular complexity index is 915. The Kier molecular flexibility index (Phi) is 9.54. The molecule has 2 aromatic rings. The summed E-state index contributed by atoms with van der Waals surface area (Å²) < 4.78 is 0. The third kappa shape index (κ3) is 8.03. The summed E-state index contributed by atoms with van der Waals surface area (Å²) >= 11 is 0. The molecular formula is C20H30N8O5. The van der Waals surface area contributed by atoms with Crippen molar-refractivity contribution in [2.75, 3.05) is 6.54 Å². The average molecular weight is 463 g/mol. The van der Waals surface area contributed by atoms with Crippen molar-refractivity contribution in [2.24, 2.45) is 11.7 Å². The third-order valence-corrected chi connectivity index (χ3v) is 5.16. The van der Waals surface area contributed by atoms with Crippen molar-refractivity contribution < 1.29 is 24.3 Å². The van der Waals surface area contributed by atoms with Crippen molar-refractivity contribution in [3.8, 4) is 0 Å². The molecule has 0 fully saturated rings. The fourth-order valence-corrected chi connectivity index (χ4v) is 3.03. The lowest BCUT2D eigenvalue weighted by molar-refractivity contribution is -0.141. The lowest BCUT2D eigenvalue weighted by Gasteiger charge is -2.25. The molecule has 0 aliphatic heterocycles. The van der Waals surface area contributed by atoms with E-state index in [0.29, 0.717) is 17.8 Å². The molecule has 0 aliphatic rings. The average Bonchev–Trinajstić information content (AvgIpc) is 3.48. The molecule has 4 unspecified atom stereocenters. The van der Waals surface area contributed by atoms with Crippen molar-refractivity contribution in [3.05, 3.63) is 36.4 Å². The lowest BCUT2D eigenvalue weighted by Crippen LogP contribution is -2.56. The summed E-state index contributed by atoms with van der Waals surface area (Å²) in [5.41, 5.74) is 7.16. The fraction of sp³-hybridized carbons (Fsp3) is 0.500. The number of aliphatic carboxylic acids is 1. The Hall–Kier alpha value is -3.74. The molecule has 3 amide bonds. The Balaban J connectivity index is 1.90. The minimum Gasteiger partial charge on any atom is -0.480 e. The van der Waals surface area contributed by atoms with Gasteiger partial charge in [0.05, 0.1) is 25.2 Å². The van der Waals surface area contributed by atoms with Crippen molar-refractivity contribution in [2.45, 2.75) is 51.2 Å². The van der Waals surface area contributed by atoms with Gasteiger partial charge in [-0.1, -0.05) is 20.3 Å². The van der Waals surface area contributed by atoms with Crippen LogP contribution in [0.3, 0.4) is 0 Å². The van der Waals surface area contributed by atoms with Crippen LogP contribution in [0.4, 0.5) is 0 Å². The highest BCUT2D eigenvalue weighted by Gasteiger charge is 2.29. The molecule has 2 rings (SSSR count). The number of rotatable bonds is 13. The first-order chi connectivity index (χ1) is 15.7. The van der Waals surface area contributed by atoms with E-state index in [9.17, 15) is 24.3 Å². The molecule has 0 aliphatic carbocycles. The van der Waals surface area contributed by atoms with Crippen LogP contribution in [0.5, 0.6) is 0 Å². The molecule has 13 heteroatoms. The van der Waals surface area contributed by atoms with Crippen LogP contribution in [-0.2, 0) is 32.0 Å². The van der Waals surface area contributed by atoms with E-state index in [2.05, 4.69) is 35.9 Å². The number of aromatic nitrogens is 4. The van der Waals surface area contributed by atoms with E-state index in [0.717, 1.165) is 0 Å². The summed E-state index contributed by atoms with van der Waals surface area (Å²) in [7, 11) is 0. The molecule has 0 radical (unpaired) electrons. The van der Waals surface area contributed by atoms with Gasteiger partial charge in [0, 0.05) is 36.6 Å². The van der Waals surface area contributed by atoms with Gasteiger partial charge in [-0.2, -0.15) is 0 Å². The zero-order valence-corrected chi connectivity index (χ0v) is 18.5. The minimum atomic E-state index is -1.22. The van der Waals surface area contributed by atoms with Gasteiger partial charge in [0.25, 0.3) is 0 Å². The van der Waals surface area contributed by atoms with Gasteiger partial charge in [0.2, 0.25) is 17.7 Å². The molecule has 33 heavy (non-hydrogen) atoms. The fourth-order valence-electron chi connectivity index (χ4n) is 3.03. The van der Waals surface area contributed by atoms with Crippen molar-refractivity contribution in [1.29, 1.82) is 0 Å². The number of hydrogen-bond donors (Lipinski definition) is 7. The summed E-state index contributed by atoms with van der Waals surface area (Å²) in [5, 5.41) is 16.8. The van der Waals surface area contributed by atoms with Gasteiger partial charge in [-0.05, 0) is 5.92 Å². The number of carboxylic acid groups (broad SMARTS) is 1. The number of nitrogens with zero attached hydrogens (tertiary/aromatic N) is 2. The van der Waals surface area contributed by atoms with Crippen LogP contribution in [0.25, 0.3) is 0 Å². The lowest BCUT2D eigenvalue weighted by atomic mass is 9.97. The van der Waals surface area contributed by atoms with E-state index in [4.69, 9.17) is 5.73 Å². The SMILES string of the molecule is CCC(C)C(NC(=O)C(N)Cc1cnc[nH]1)C(=O)NCC(=O)NC(Cc1cnc[nH]1)C(=O)O. The second-order valence-electron chi connectivity index (χ2n) is 7.72. The number of carbonyl (C=O) groups excluding carboxylic acids is 3. The van der Waals surface area contributed by atoms with Crippen LogP contribution in [0.15, 0.2) is 25.0 Å². The van der Waals surface area contributed by atoms with Gasteiger partial charge in [0.15, 0.2) is 0 Å². The smallest absolute Gasteiger partial charge is 0.326 e. The van der Waals surface area contributed by atoms with Crippen LogP contribution in [0.1, 0.15) is 31.7 Å². The molecule has 0 aromatic carbocycles. The molecule has 8 N–H and O–H groups in total. The van der Waals surface area contributed by atoms with Gasteiger partial charge in [-0.3, -0.25) is 14.4 Å². The molecule has 0 saturated carbocycles. The Morgan fingerprint density at radius 1 is 1.03 bits per heavy atom. The zero-order chi connectivity index (χ0) is 24.4. The predicted molar refractivity (Wildman–Crippen MR) is 117 cm³/mol. The summed E-state index contributed by atoms with van der Waals surface area (Å²) in [5.74, 6) is -3.22. The molecule has 0 bridgehead atoms. The first-order valence-electron chi connectivity index (χ1n) is 10.5. The van der Waals surface area contributed by atoms with E-state index in [1.165, 1.54) is 18.9 Å². The number of amides is 3. The molecule has 13 nitrogen and oxygen atoms in total. The number of imidazole rings is 2. The molecule has 4 atom stereocenters. The minimum absolute atomic E-state index is 0.00872. The highest BCUT2D eigenvalue weighted by atomic mass is 16.4. The molecule has 2 heterocycles. The summed E-state index contributed by atoms with van der Waals surface area (Å²) in [6.45, 7) is 3.20. The van der Waals surface area contributed by atoms with E-state index in [-0.39, 0.29) is 18.8 Å². The molecular weight excluding hydrogens is 432 g/mol. The van der Waals surface area contributed by atoms with Gasteiger partial charge < -0.3 is 36.8 Å². The van der Waals surface area contributed by atoms with Crippen molar-refractivity contribution in [3.63, 3.8) is 0 Å². The zero-order valence-electron chi connectivity index (χ0n) is 18.5. The highest BCUT2D eigenvalue weighted by Crippen LogP contribution is 2.09. The largest absolute Gasteiger partial charge is 0.480 e. The van der Waals surface area contributed by atoms with E-state index in [1.807, 2.05) is 6.92 Å². The maximum Gasteiger partial charge on any atom is 0.326 e. The Morgan fingerprint density at radius 3 is 2.15 bits per heavy atom. The normalized spacial score (nSPS) is 14.5. The first kappa shape index (κ1) is 25.5. The number of carboxylic acids is 1. The highest BCUT2D eigenvalue weighted by molar-refractivity contribution is 5.92. The maximum absolute atomic E-state index is 12.7. The molecule has 0 spiro atoms. The van der Waals surface area contributed by atoms with Crippen LogP contribution in [0.2, 0.25) is 0 Å². The number of hydrogen-bond acceptors (Lipinski definition) is 7. The monoisotopic (exact) mass is 462 g/mol. The number of H-pyrrole nitrogens is 2. The van der Waals surface area contributed by atoms with Crippen LogP contribution >= 0.6 is 0 Å². The van der Waals surface area contributed by atoms with Crippen LogP contribution < -0.4 is 21.7 Å². The van der Waals surface area contributed by atoms with Gasteiger partial charge in [-0.15, -0.1) is 0 Å². The standard InChI is InChI=1S/C20H30N8O5/c1-3-11(2)17(28-18(30)14(21)4-12-6-22-9-25-12)19(31)24-8-16(29)27-15(20(32)33)5-13-7-23-10-26-13/h6-7,9-11,14-15,17H,3-5,8,21H2,1-2H3,(H,22,25)(H,23,26)(H,24,31)(H,27,29)(H,28,30)(H,32,33). The molecule has 180 valence electrons. The van der Waals surface area contributed by atoms with Crippen LogP contribution in [-0.4, -0.2) is 73.4 Å². The Morgan fingerprint density at radius 2 is 1.64 bits per heavy atom. The summed E-state index contributed by atoms with van der Waals surface area (Å²) in [4.78, 5) is 62.2. The second-order valence-corrected chi connectivity index (χ2v) is 7.72. The number of carbonyl (C=O) groups is 4. The van der Waals surface area contributed by atoms with Crippen molar-refractivity contribution >= 4 is 23.7 Å². The number of nitrogens with two attached hydrogens (primary N) is 1. The Labute approximate surface area is 190 Å². The van der Waals surface area contributed by atoms with Gasteiger partial charge >= 0.3 is 5.97 Å². The van der Waals surface area contributed by atoms with Crippen LogP contribution in [0, 0.1) is 5.92 Å². The summed E-state index contributed by atoms with van der Waals surface area (Å²) in [6.07, 6.45) is 6.71. The molecule has 0 saturated heterocycles. The topological polar surface area (TPSA) is 208 Å². The van der Waals surface area contributed by atoms with E-state index >= 15 is 0 Å². The quantitative estimate of drug-likeness (QED) is 0.185. The second kappa shape index (κ2) is 12.3. The van der Waals surface area contributed by atoms with Gasteiger partial charge in [0.1, 0.15) is 12.1 Å².